The van der Waals surface area contributed by atoms with Crippen LogP contribution in [0.4, 0.5) is 8.78 Å². The topological polar surface area (TPSA) is 43.4 Å². The van der Waals surface area contributed by atoms with Gasteiger partial charge in [0.15, 0.2) is 0 Å². The van der Waals surface area contributed by atoms with Crippen molar-refractivity contribution in [2.45, 2.75) is 19.8 Å². The van der Waals surface area contributed by atoms with Crippen LogP contribution in [0.15, 0.2) is 0 Å². The first-order chi connectivity index (χ1) is 5.86. The predicted octanol–water partition coefficient (Wildman–Crippen LogP) is 1.02. The molecule has 1 rings (SSSR count). The van der Waals surface area contributed by atoms with Crippen molar-refractivity contribution < 1.29 is 23.1 Å². The van der Waals surface area contributed by atoms with Crippen molar-refractivity contribution in [3.05, 3.63) is 0 Å². The molecule has 0 bridgehead atoms. The molecular weight excluding hydrogens is 182 g/mol. The van der Waals surface area contributed by atoms with Crippen LogP contribution in [-0.4, -0.2) is 24.8 Å². The molecular formula is C8H10F2O3. The maximum absolute atomic E-state index is 12.9. The first kappa shape index (κ1) is 10.1. The number of aldehydes is 1. The van der Waals surface area contributed by atoms with E-state index in [0.717, 1.165) is 6.92 Å². The minimum Gasteiger partial charge on any atom is -0.465 e. The molecule has 0 aliphatic heterocycles. The van der Waals surface area contributed by atoms with Crippen molar-refractivity contribution in [2.75, 3.05) is 6.61 Å². The lowest BCUT2D eigenvalue weighted by molar-refractivity contribution is -0.144. The van der Waals surface area contributed by atoms with E-state index in [4.69, 9.17) is 0 Å². The third-order valence-corrected chi connectivity index (χ3v) is 2.47. The Hall–Kier alpha value is -1.00. The molecule has 13 heavy (non-hydrogen) atoms. The smallest absolute Gasteiger partial charge is 0.302 e. The van der Waals surface area contributed by atoms with Gasteiger partial charge in [0.05, 0.1) is 11.3 Å². The molecule has 0 spiro atoms. The molecule has 0 aromatic rings. The van der Waals surface area contributed by atoms with Gasteiger partial charge in [-0.05, 0) is 6.92 Å². The number of carbonyl (C=O) groups excluding carboxylic acids is 2. The molecule has 1 saturated carbocycles. The maximum atomic E-state index is 12.9. The second-order valence-corrected chi connectivity index (χ2v) is 3.43. The van der Waals surface area contributed by atoms with Crippen molar-refractivity contribution >= 4 is 12.3 Å². The highest BCUT2D eigenvalue weighted by atomic mass is 19.3. The average Bonchev–Trinajstić information content (AvgIpc) is 2.43. The Morgan fingerprint density at radius 1 is 1.62 bits per heavy atom. The number of hydrogen-bond acceptors (Lipinski definition) is 3. The molecule has 1 aliphatic rings. The van der Waals surface area contributed by atoms with Gasteiger partial charge in [-0.25, -0.2) is 8.78 Å². The van der Waals surface area contributed by atoms with Gasteiger partial charge in [0, 0.05) is 6.92 Å². The lowest BCUT2D eigenvalue weighted by Gasteiger charge is -2.08. The van der Waals surface area contributed by atoms with Gasteiger partial charge in [-0.15, -0.1) is 0 Å². The van der Waals surface area contributed by atoms with Crippen molar-refractivity contribution in [1.82, 2.24) is 0 Å². The van der Waals surface area contributed by atoms with Crippen molar-refractivity contribution in [2.24, 2.45) is 11.3 Å². The van der Waals surface area contributed by atoms with Gasteiger partial charge >= 0.3 is 5.97 Å². The van der Waals surface area contributed by atoms with Crippen LogP contribution in [0.1, 0.15) is 13.8 Å². The summed E-state index contributed by atoms with van der Waals surface area (Å²) in [6.07, 6.45) is 0.212. The Bertz CT molecular complexity index is 252. The zero-order valence-corrected chi connectivity index (χ0v) is 7.34. The van der Waals surface area contributed by atoms with E-state index in [1.54, 1.807) is 0 Å². The molecule has 2 atom stereocenters. The fourth-order valence-electron chi connectivity index (χ4n) is 1.29. The highest BCUT2D eigenvalue weighted by Gasteiger charge is 2.78. The van der Waals surface area contributed by atoms with Crippen LogP contribution in [0.2, 0.25) is 0 Å². The standard InChI is InChI=1S/C8H10F2O3/c1-5(12)13-4-7(2)6(3-11)8(7,9)10/h3,6H,4H2,1-2H3/t6-,7-/m0/s1. The fraction of sp³-hybridized carbons (Fsp3) is 0.750. The van der Waals surface area contributed by atoms with Crippen molar-refractivity contribution in [3.8, 4) is 0 Å². The van der Waals surface area contributed by atoms with E-state index in [9.17, 15) is 18.4 Å². The van der Waals surface area contributed by atoms with Crippen LogP contribution < -0.4 is 0 Å². The monoisotopic (exact) mass is 192 g/mol. The Kier molecular flexibility index (Phi) is 2.13. The number of ether oxygens (including phenoxy) is 1. The third-order valence-electron chi connectivity index (χ3n) is 2.47. The second-order valence-electron chi connectivity index (χ2n) is 3.43. The summed E-state index contributed by atoms with van der Waals surface area (Å²) in [6, 6.07) is 0. The minimum absolute atomic E-state index is 0.212. The summed E-state index contributed by atoms with van der Waals surface area (Å²) in [7, 11) is 0. The van der Waals surface area contributed by atoms with Gasteiger partial charge in [0.2, 0.25) is 0 Å². The number of alkyl halides is 2. The van der Waals surface area contributed by atoms with Gasteiger partial charge in [0.1, 0.15) is 12.9 Å². The molecule has 1 fully saturated rings. The zero-order valence-electron chi connectivity index (χ0n) is 7.34. The van der Waals surface area contributed by atoms with Gasteiger partial charge in [-0.2, -0.15) is 0 Å². The molecule has 0 aromatic heterocycles. The molecule has 0 saturated heterocycles. The van der Waals surface area contributed by atoms with Gasteiger partial charge in [-0.1, -0.05) is 0 Å². The summed E-state index contributed by atoms with van der Waals surface area (Å²) in [5.41, 5.74) is -1.50. The number of hydrogen-bond donors (Lipinski definition) is 0. The van der Waals surface area contributed by atoms with E-state index >= 15 is 0 Å². The highest BCUT2D eigenvalue weighted by Crippen LogP contribution is 2.64. The molecule has 1 aliphatic carbocycles. The van der Waals surface area contributed by atoms with Gasteiger partial charge < -0.3 is 9.53 Å². The number of halogens is 2. The van der Waals surface area contributed by atoms with Gasteiger partial charge in [0.25, 0.3) is 5.92 Å². The summed E-state index contributed by atoms with van der Waals surface area (Å²) < 4.78 is 30.2. The second kappa shape index (κ2) is 2.75. The largest absolute Gasteiger partial charge is 0.465 e. The van der Waals surface area contributed by atoms with E-state index in [2.05, 4.69) is 4.74 Å². The Morgan fingerprint density at radius 2 is 2.15 bits per heavy atom. The molecule has 5 heteroatoms. The molecule has 0 amide bonds. The SMILES string of the molecule is CC(=O)OC[C@@]1(C)[C@H](C=O)C1(F)F. The summed E-state index contributed by atoms with van der Waals surface area (Å²) >= 11 is 0. The summed E-state index contributed by atoms with van der Waals surface area (Å²) in [6.45, 7) is 1.97. The first-order valence-corrected chi connectivity index (χ1v) is 3.82. The van der Waals surface area contributed by atoms with Crippen LogP contribution in [0, 0.1) is 11.3 Å². The normalized spacial score (nSPS) is 35.2. The van der Waals surface area contributed by atoms with Crippen LogP contribution in [0.5, 0.6) is 0 Å². The number of esters is 1. The van der Waals surface area contributed by atoms with E-state index in [1.807, 2.05) is 0 Å². The zero-order chi connectivity index (χ0) is 10.3. The fourth-order valence-corrected chi connectivity index (χ4v) is 1.29. The van der Waals surface area contributed by atoms with E-state index in [1.165, 1.54) is 6.92 Å². The molecule has 0 N–H and O–H groups in total. The quantitative estimate of drug-likeness (QED) is 0.495. The highest BCUT2D eigenvalue weighted by molar-refractivity contribution is 5.67. The molecule has 74 valence electrons. The first-order valence-electron chi connectivity index (χ1n) is 3.82. The summed E-state index contributed by atoms with van der Waals surface area (Å²) in [5.74, 6) is -4.97. The van der Waals surface area contributed by atoms with Crippen LogP contribution >= 0.6 is 0 Å². The van der Waals surface area contributed by atoms with Gasteiger partial charge in [-0.3, -0.25) is 4.79 Å². The molecule has 0 heterocycles. The number of carbonyl (C=O) groups is 2. The molecule has 0 radical (unpaired) electrons. The Morgan fingerprint density at radius 3 is 2.46 bits per heavy atom. The average molecular weight is 192 g/mol. The van der Waals surface area contributed by atoms with E-state index in [-0.39, 0.29) is 6.29 Å². The van der Waals surface area contributed by atoms with E-state index in [0.29, 0.717) is 0 Å². The summed E-state index contributed by atoms with van der Waals surface area (Å²) in [5, 5.41) is 0. The molecule has 3 nitrogen and oxygen atoms in total. The van der Waals surface area contributed by atoms with E-state index < -0.39 is 29.8 Å². The molecule has 0 unspecified atom stereocenters. The van der Waals surface area contributed by atoms with Crippen LogP contribution in [-0.2, 0) is 14.3 Å². The Labute approximate surface area is 74.1 Å². The van der Waals surface area contributed by atoms with Crippen molar-refractivity contribution in [3.63, 3.8) is 0 Å². The third kappa shape index (κ3) is 1.32. The minimum atomic E-state index is -3.04. The maximum Gasteiger partial charge on any atom is 0.302 e. The number of rotatable bonds is 3. The predicted molar refractivity (Wildman–Crippen MR) is 39.2 cm³/mol. The summed E-state index contributed by atoms with van der Waals surface area (Å²) in [4.78, 5) is 20.6. The van der Waals surface area contributed by atoms with Crippen LogP contribution in [0.3, 0.4) is 0 Å². The van der Waals surface area contributed by atoms with Crippen LogP contribution in [0.25, 0.3) is 0 Å². The molecule has 0 aromatic carbocycles. The van der Waals surface area contributed by atoms with Crippen molar-refractivity contribution in [1.29, 1.82) is 0 Å². The Balaban J connectivity index is 2.60. The lowest BCUT2D eigenvalue weighted by Crippen LogP contribution is -2.16. The lowest BCUT2D eigenvalue weighted by atomic mass is 10.1.